The van der Waals surface area contributed by atoms with Crippen molar-refractivity contribution in [1.82, 2.24) is 15.5 Å². The van der Waals surface area contributed by atoms with E-state index in [1.54, 1.807) is 11.8 Å². The van der Waals surface area contributed by atoms with Gasteiger partial charge in [-0.1, -0.05) is 75.2 Å². The van der Waals surface area contributed by atoms with Gasteiger partial charge in [-0.05, 0) is 72.9 Å². The van der Waals surface area contributed by atoms with Crippen LogP contribution >= 0.6 is 16.8 Å². The largest absolute Gasteiger partial charge is 0.399 e. The number of likely N-dealkylation sites (tertiary alicyclic amines) is 1. The van der Waals surface area contributed by atoms with Crippen LogP contribution in [0.25, 0.3) is 5.57 Å². The van der Waals surface area contributed by atoms with Crippen molar-refractivity contribution < 1.29 is 47.0 Å². The van der Waals surface area contributed by atoms with Crippen LogP contribution in [0.1, 0.15) is 82.1 Å². The highest BCUT2D eigenvalue weighted by atomic mass is 31.2. The van der Waals surface area contributed by atoms with Crippen LogP contribution in [0.4, 0.5) is 8.78 Å². The first-order valence-corrected chi connectivity index (χ1v) is 20.6. The van der Waals surface area contributed by atoms with E-state index in [2.05, 4.69) is 19.9 Å². The van der Waals surface area contributed by atoms with E-state index in [0.29, 0.717) is 37.1 Å². The second kappa shape index (κ2) is 18.4. The van der Waals surface area contributed by atoms with Crippen LogP contribution in [-0.2, 0) is 46.9 Å². The van der Waals surface area contributed by atoms with Crippen LogP contribution in [0.3, 0.4) is 0 Å². The number of benzene rings is 2. The summed E-state index contributed by atoms with van der Waals surface area (Å²) in [7, 11) is -3.06. The average Bonchev–Trinajstić information content (AvgIpc) is 3.55. The first-order chi connectivity index (χ1) is 25.4. The number of fused-ring (bicyclic) bond motifs is 1. The summed E-state index contributed by atoms with van der Waals surface area (Å²) in [4.78, 5) is 72.9. The van der Waals surface area contributed by atoms with E-state index in [4.69, 9.17) is 20.3 Å². The van der Waals surface area contributed by atoms with Crippen molar-refractivity contribution in [2.75, 3.05) is 6.54 Å². The van der Waals surface area contributed by atoms with Crippen LogP contribution in [0.15, 0.2) is 54.6 Å². The SMILES string of the molecule is CCCCC(NC(=O)/C=C(\C)c1ccc(C(F)(F)P(=O)(O)O)cc1)C(=O)N1CC2C(C1C(=O)NC(CCC(N)=O)C(C)OCc1ccc(CP)cc1)[C@@H]2C. The van der Waals surface area contributed by atoms with Crippen molar-refractivity contribution in [3.8, 4) is 0 Å². The molecule has 6 N–H and O–H groups in total. The monoisotopic (exact) mass is 792 g/mol. The molecule has 0 bridgehead atoms. The van der Waals surface area contributed by atoms with Crippen LogP contribution in [-0.4, -0.2) is 69.1 Å². The standard InChI is InChI=1S/C38H52F2N4O8P2/c1-5-6-7-31(42-33(46)18-22(2)27-12-14-28(15-13-27)38(39,40)54(49,50)51)37(48)44-19-29-23(3)34(29)35(44)36(47)43-30(16-17-32(41)45)24(4)52-20-25-8-10-26(21-53)11-9-25/h8-15,18,23-24,29-31,34-35H,5-7,16-17,19-21,53H2,1-4H3,(H2,41,45)(H,42,46)(H,43,47)(H2,49,50,51)/b22-18+/t23-,24?,29?,30?,31?,34?,35?/m1/s1. The molecule has 1 aliphatic heterocycles. The summed E-state index contributed by atoms with van der Waals surface area (Å²) in [6.45, 7) is 8.02. The van der Waals surface area contributed by atoms with Gasteiger partial charge in [0.2, 0.25) is 23.6 Å². The number of hydrogen-bond acceptors (Lipinski definition) is 6. The summed E-state index contributed by atoms with van der Waals surface area (Å²) in [5.41, 5.74) is 3.08. The predicted molar refractivity (Wildman–Crippen MR) is 204 cm³/mol. The van der Waals surface area contributed by atoms with Gasteiger partial charge in [0.1, 0.15) is 12.1 Å². The van der Waals surface area contributed by atoms with E-state index in [1.807, 2.05) is 45.0 Å². The Hall–Kier alpha value is -3.54. The number of halogens is 2. The highest BCUT2D eigenvalue weighted by Gasteiger charge is 2.62. The minimum atomic E-state index is -5.74. The maximum atomic E-state index is 14.2. The van der Waals surface area contributed by atoms with E-state index in [-0.39, 0.29) is 36.5 Å². The molecule has 296 valence electrons. The Kier molecular flexibility index (Phi) is 14.7. The molecule has 7 unspecified atom stereocenters. The lowest BCUT2D eigenvalue weighted by atomic mass is 10.0. The molecule has 2 aliphatic rings. The van der Waals surface area contributed by atoms with Crippen molar-refractivity contribution in [1.29, 1.82) is 0 Å². The zero-order valence-corrected chi connectivity index (χ0v) is 33.1. The molecule has 4 rings (SSSR count). The molecular formula is C38H52F2N4O8P2. The fraction of sp³-hybridized carbons (Fsp3) is 0.526. The quantitative estimate of drug-likeness (QED) is 0.0990. The highest BCUT2D eigenvalue weighted by Crippen LogP contribution is 2.59. The molecule has 1 heterocycles. The molecule has 1 saturated carbocycles. The second-order valence-electron chi connectivity index (χ2n) is 14.4. The molecule has 1 aliphatic carbocycles. The Morgan fingerprint density at radius 2 is 1.70 bits per heavy atom. The van der Waals surface area contributed by atoms with Crippen LogP contribution in [0, 0.1) is 17.8 Å². The van der Waals surface area contributed by atoms with Gasteiger partial charge in [0.05, 0.1) is 18.8 Å². The van der Waals surface area contributed by atoms with Gasteiger partial charge in [0.15, 0.2) is 0 Å². The average molecular weight is 793 g/mol. The van der Waals surface area contributed by atoms with Crippen LogP contribution in [0.2, 0.25) is 0 Å². The number of nitrogens with zero attached hydrogens (tertiary/aromatic N) is 1. The number of hydrogen-bond donors (Lipinski definition) is 5. The Morgan fingerprint density at radius 1 is 1.07 bits per heavy atom. The molecule has 1 saturated heterocycles. The zero-order valence-electron chi connectivity index (χ0n) is 31.0. The molecule has 16 heteroatoms. The van der Waals surface area contributed by atoms with Crippen molar-refractivity contribution in [3.63, 3.8) is 0 Å². The molecule has 0 aromatic heterocycles. The van der Waals surface area contributed by atoms with Crippen molar-refractivity contribution >= 4 is 46.0 Å². The molecule has 12 nitrogen and oxygen atoms in total. The fourth-order valence-electron chi connectivity index (χ4n) is 7.05. The Balaban J connectivity index is 1.47. The van der Waals surface area contributed by atoms with Gasteiger partial charge in [-0.15, -0.1) is 9.24 Å². The zero-order chi connectivity index (χ0) is 40.0. The fourth-order valence-corrected chi connectivity index (χ4v) is 7.81. The second-order valence-corrected chi connectivity index (χ2v) is 16.4. The van der Waals surface area contributed by atoms with Gasteiger partial charge in [-0.3, -0.25) is 23.7 Å². The van der Waals surface area contributed by atoms with Crippen molar-refractivity contribution in [3.05, 3.63) is 76.9 Å². The lowest BCUT2D eigenvalue weighted by Gasteiger charge is -2.33. The number of nitrogens with two attached hydrogens (primary N) is 1. The molecule has 8 atom stereocenters. The van der Waals surface area contributed by atoms with Gasteiger partial charge in [0.25, 0.3) is 0 Å². The molecule has 0 spiro atoms. The van der Waals surface area contributed by atoms with E-state index >= 15 is 0 Å². The maximum Gasteiger partial charge on any atom is 0.399 e. The smallest absolute Gasteiger partial charge is 0.372 e. The number of amides is 4. The number of carbonyl (C=O) groups excluding carboxylic acids is 4. The topological polar surface area (TPSA) is 188 Å². The number of rotatable bonds is 19. The lowest BCUT2D eigenvalue weighted by Crippen LogP contribution is -2.57. The minimum Gasteiger partial charge on any atom is -0.372 e. The number of allylic oxidation sites excluding steroid dienone is 1. The molecule has 54 heavy (non-hydrogen) atoms. The number of carbonyl (C=O) groups is 4. The third-order valence-corrected chi connectivity index (χ3v) is 12.0. The minimum absolute atomic E-state index is 0.0271. The molecular weight excluding hydrogens is 740 g/mol. The summed E-state index contributed by atoms with van der Waals surface area (Å²) in [6.07, 6.45) is 3.52. The summed E-state index contributed by atoms with van der Waals surface area (Å²) < 4.78 is 45.6. The summed E-state index contributed by atoms with van der Waals surface area (Å²) in [5, 5.41) is 5.85. The number of ether oxygens (including phenoxy) is 1. The molecule has 0 radical (unpaired) electrons. The summed E-state index contributed by atoms with van der Waals surface area (Å²) >= 11 is 0. The van der Waals surface area contributed by atoms with E-state index < -0.39 is 60.8 Å². The van der Waals surface area contributed by atoms with Crippen LogP contribution in [0.5, 0.6) is 0 Å². The van der Waals surface area contributed by atoms with Crippen molar-refractivity contribution in [2.24, 2.45) is 23.5 Å². The van der Waals surface area contributed by atoms with Gasteiger partial charge in [-0.25, -0.2) is 0 Å². The Bertz CT molecular complexity index is 1740. The summed E-state index contributed by atoms with van der Waals surface area (Å²) in [6, 6.07) is 9.90. The maximum absolute atomic E-state index is 14.2. The Labute approximate surface area is 317 Å². The molecule has 2 aromatic rings. The first-order valence-electron chi connectivity index (χ1n) is 18.2. The van der Waals surface area contributed by atoms with E-state index in [9.17, 15) is 32.5 Å². The summed E-state index contributed by atoms with van der Waals surface area (Å²) in [5.74, 6) is -1.60. The highest BCUT2D eigenvalue weighted by molar-refractivity contribution is 7.52. The number of alkyl halides is 2. The van der Waals surface area contributed by atoms with E-state index in [0.717, 1.165) is 35.8 Å². The number of unbranched alkanes of at least 4 members (excludes halogenated alkanes) is 1. The van der Waals surface area contributed by atoms with Gasteiger partial charge in [-0.2, -0.15) is 8.78 Å². The normalized spacial score (nSPS) is 21.5. The van der Waals surface area contributed by atoms with Crippen LogP contribution < -0.4 is 16.4 Å². The third-order valence-electron chi connectivity index (χ3n) is 10.5. The van der Waals surface area contributed by atoms with Gasteiger partial charge in [0, 0.05) is 24.6 Å². The molecule has 2 aromatic carbocycles. The molecule has 2 fully saturated rings. The first kappa shape index (κ1) is 43.2. The Morgan fingerprint density at radius 3 is 2.28 bits per heavy atom. The van der Waals surface area contributed by atoms with E-state index in [1.165, 1.54) is 18.2 Å². The number of piperidine rings is 1. The van der Waals surface area contributed by atoms with Gasteiger partial charge < -0.3 is 35.8 Å². The van der Waals surface area contributed by atoms with Crippen molar-refractivity contribution in [2.45, 2.75) is 102 Å². The molecule has 4 amide bonds. The number of primary amides is 1. The predicted octanol–water partition coefficient (Wildman–Crippen LogP) is 4.82. The lowest BCUT2D eigenvalue weighted by molar-refractivity contribution is -0.143. The number of nitrogens with one attached hydrogen (secondary N) is 2. The third kappa shape index (κ3) is 10.6. The van der Waals surface area contributed by atoms with Gasteiger partial charge >= 0.3 is 13.3 Å².